The van der Waals surface area contributed by atoms with Gasteiger partial charge in [0.2, 0.25) is 0 Å². The van der Waals surface area contributed by atoms with Crippen molar-refractivity contribution in [1.29, 1.82) is 0 Å². The number of benzene rings is 1. The van der Waals surface area contributed by atoms with Crippen LogP contribution < -0.4 is 0 Å². The molecule has 2 rings (SSSR count). The van der Waals surface area contributed by atoms with Crippen molar-refractivity contribution in [2.24, 2.45) is 0 Å². The van der Waals surface area contributed by atoms with Gasteiger partial charge in [0.15, 0.2) is 0 Å². The Balaban J connectivity index is 2.34. The summed E-state index contributed by atoms with van der Waals surface area (Å²) in [6.07, 6.45) is 1.72. The van der Waals surface area contributed by atoms with Gasteiger partial charge in [-0.2, -0.15) is 0 Å². The van der Waals surface area contributed by atoms with Crippen molar-refractivity contribution >= 4 is 15.7 Å². The molecule has 4 radical (unpaired) electrons. The van der Waals surface area contributed by atoms with Crippen LogP contribution in [0.4, 0.5) is 0 Å². The molecule has 0 aliphatic rings. The van der Waals surface area contributed by atoms with Crippen molar-refractivity contribution in [3.63, 3.8) is 0 Å². The molecular weight excluding hydrogens is 192 g/mol. The lowest BCUT2D eigenvalue weighted by molar-refractivity contribution is 0.958. The van der Waals surface area contributed by atoms with Gasteiger partial charge in [0, 0.05) is 11.8 Å². The largest absolute Gasteiger partial charge is 0.256 e. The van der Waals surface area contributed by atoms with Crippen molar-refractivity contribution < 1.29 is 0 Å². The van der Waals surface area contributed by atoms with Gasteiger partial charge in [-0.15, -0.1) is 0 Å². The van der Waals surface area contributed by atoms with Crippen LogP contribution in [0.15, 0.2) is 48.7 Å². The summed E-state index contributed by atoms with van der Waals surface area (Å²) in [5.41, 5.74) is 2.84. The SMILES string of the molecule is [B]C([B])(C)c1ccc(-c2ccccc2)nc1. The van der Waals surface area contributed by atoms with E-state index in [-0.39, 0.29) is 0 Å². The zero-order valence-electron chi connectivity index (χ0n) is 9.22. The lowest BCUT2D eigenvalue weighted by Gasteiger charge is -2.19. The Labute approximate surface area is 98.7 Å². The fraction of sp³-hybridized carbons (Fsp3) is 0.154. The van der Waals surface area contributed by atoms with E-state index in [1.807, 2.05) is 42.5 Å². The second kappa shape index (κ2) is 4.17. The first kappa shape index (κ1) is 11.0. The van der Waals surface area contributed by atoms with Gasteiger partial charge in [-0.05, 0) is 11.6 Å². The molecule has 2 aromatic rings. The van der Waals surface area contributed by atoms with Crippen LogP contribution in [0, 0.1) is 0 Å². The van der Waals surface area contributed by atoms with Gasteiger partial charge in [0.1, 0.15) is 0 Å². The normalized spacial score (nSPS) is 11.3. The van der Waals surface area contributed by atoms with Gasteiger partial charge in [-0.3, -0.25) is 4.98 Å². The Hall–Kier alpha value is -1.50. The molecule has 0 unspecified atom stereocenters. The summed E-state index contributed by atoms with van der Waals surface area (Å²) in [7, 11) is 11.6. The minimum Gasteiger partial charge on any atom is -0.256 e. The third kappa shape index (κ3) is 2.35. The molecule has 1 aromatic heterocycles. The second-order valence-corrected chi connectivity index (χ2v) is 4.08. The van der Waals surface area contributed by atoms with E-state index in [0.717, 1.165) is 16.8 Å². The predicted octanol–water partition coefficient (Wildman–Crippen LogP) is 2.26. The molecule has 3 heteroatoms. The highest BCUT2D eigenvalue weighted by Gasteiger charge is 2.12. The number of rotatable bonds is 2. The van der Waals surface area contributed by atoms with E-state index in [4.69, 9.17) is 15.7 Å². The van der Waals surface area contributed by atoms with Gasteiger partial charge >= 0.3 is 0 Å². The third-order valence-electron chi connectivity index (χ3n) is 2.46. The summed E-state index contributed by atoms with van der Waals surface area (Å²) < 4.78 is 0. The molecule has 0 fully saturated rings. The topological polar surface area (TPSA) is 12.9 Å². The molecule has 0 saturated carbocycles. The van der Waals surface area contributed by atoms with E-state index in [0.29, 0.717) is 0 Å². The average molecular weight is 203 g/mol. The van der Waals surface area contributed by atoms with E-state index in [9.17, 15) is 0 Å². The van der Waals surface area contributed by atoms with E-state index < -0.39 is 5.21 Å². The van der Waals surface area contributed by atoms with Gasteiger partial charge < -0.3 is 0 Å². The Morgan fingerprint density at radius 2 is 1.69 bits per heavy atom. The van der Waals surface area contributed by atoms with Gasteiger partial charge in [0.05, 0.1) is 21.4 Å². The number of aromatic nitrogens is 1. The second-order valence-electron chi connectivity index (χ2n) is 4.08. The minimum atomic E-state index is -0.831. The van der Waals surface area contributed by atoms with Gasteiger partial charge in [0.25, 0.3) is 0 Å². The highest BCUT2D eigenvalue weighted by molar-refractivity contribution is 6.39. The zero-order valence-corrected chi connectivity index (χ0v) is 9.22. The smallest absolute Gasteiger partial charge is 0.0702 e. The Kier molecular flexibility index (Phi) is 2.86. The molecule has 0 saturated heterocycles. The van der Waals surface area contributed by atoms with Crippen LogP contribution in [0.25, 0.3) is 11.3 Å². The highest BCUT2D eigenvalue weighted by Crippen LogP contribution is 2.20. The molecule has 0 aliphatic carbocycles. The monoisotopic (exact) mass is 203 g/mol. The maximum atomic E-state index is 5.78. The number of hydrogen-bond donors (Lipinski definition) is 0. The fourth-order valence-corrected chi connectivity index (χ4v) is 1.49. The summed E-state index contributed by atoms with van der Waals surface area (Å²) in [4.78, 5) is 4.36. The lowest BCUT2D eigenvalue weighted by Crippen LogP contribution is -2.21. The van der Waals surface area contributed by atoms with E-state index in [1.165, 1.54) is 0 Å². The van der Waals surface area contributed by atoms with Crippen molar-refractivity contribution in [3.8, 4) is 11.3 Å². The molecule has 0 spiro atoms. The van der Waals surface area contributed by atoms with E-state index in [2.05, 4.69) is 4.98 Å². The van der Waals surface area contributed by atoms with Crippen molar-refractivity contribution in [3.05, 3.63) is 54.2 Å². The van der Waals surface area contributed by atoms with Crippen LogP contribution in [0.5, 0.6) is 0 Å². The Bertz CT molecular complexity index is 458. The van der Waals surface area contributed by atoms with Crippen LogP contribution in [0.1, 0.15) is 12.5 Å². The molecule has 0 N–H and O–H groups in total. The first-order valence-electron chi connectivity index (χ1n) is 5.17. The summed E-state index contributed by atoms with van der Waals surface area (Å²) in [5.74, 6) is 0. The predicted molar refractivity (Wildman–Crippen MR) is 68.5 cm³/mol. The first-order valence-corrected chi connectivity index (χ1v) is 5.17. The summed E-state index contributed by atoms with van der Waals surface area (Å²) in [6, 6.07) is 13.8. The molecule has 0 amide bonds. The van der Waals surface area contributed by atoms with Crippen molar-refractivity contribution in [2.75, 3.05) is 0 Å². The molecular formula is C13H11B2N. The van der Waals surface area contributed by atoms with Gasteiger partial charge in [-0.25, -0.2) is 0 Å². The minimum absolute atomic E-state index is 0.826. The maximum Gasteiger partial charge on any atom is 0.0702 e. The van der Waals surface area contributed by atoms with Crippen LogP contribution in [-0.4, -0.2) is 20.7 Å². The number of hydrogen-bond acceptors (Lipinski definition) is 1. The standard InChI is InChI=1S/C13H11B2N/c1-13(14,15)11-7-8-12(16-9-11)10-5-3-2-4-6-10/h2-9H,1H3. The molecule has 74 valence electrons. The van der Waals surface area contributed by atoms with Crippen molar-refractivity contribution in [1.82, 2.24) is 4.98 Å². The highest BCUT2D eigenvalue weighted by atomic mass is 14.7. The molecule has 1 heterocycles. The summed E-state index contributed by atoms with van der Waals surface area (Å²) in [5, 5.41) is -0.831. The molecule has 0 aliphatic heterocycles. The number of nitrogens with zero attached hydrogens (tertiary/aromatic N) is 1. The molecule has 1 aromatic carbocycles. The Morgan fingerprint density at radius 1 is 1.00 bits per heavy atom. The van der Waals surface area contributed by atoms with Crippen molar-refractivity contribution in [2.45, 2.75) is 12.1 Å². The maximum absolute atomic E-state index is 5.78. The molecule has 0 atom stereocenters. The van der Waals surface area contributed by atoms with Crippen LogP contribution in [0.3, 0.4) is 0 Å². The third-order valence-corrected chi connectivity index (χ3v) is 2.46. The summed E-state index contributed by atoms with van der Waals surface area (Å²) >= 11 is 0. The quantitative estimate of drug-likeness (QED) is 0.682. The molecule has 16 heavy (non-hydrogen) atoms. The lowest BCUT2D eigenvalue weighted by atomic mass is 9.53. The molecule has 0 bridgehead atoms. The van der Waals surface area contributed by atoms with Crippen LogP contribution in [-0.2, 0) is 5.21 Å². The van der Waals surface area contributed by atoms with Crippen LogP contribution >= 0.6 is 0 Å². The Morgan fingerprint density at radius 3 is 2.19 bits per heavy atom. The van der Waals surface area contributed by atoms with Gasteiger partial charge in [-0.1, -0.05) is 48.5 Å². The molecule has 1 nitrogen and oxygen atoms in total. The first-order chi connectivity index (χ1) is 7.57. The fourth-order valence-electron chi connectivity index (χ4n) is 1.49. The van der Waals surface area contributed by atoms with E-state index in [1.54, 1.807) is 13.1 Å². The number of pyridine rings is 1. The summed E-state index contributed by atoms with van der Waals surface area (Å²) in [6.45, 7) is 1.76. The van der Waals surface area contributed by atoms with Crippen LogP contribution in [0.2, 0.25) is 0 Å². The zero-order chi connectivity index (χ0) is 11.6. The average Bonchev–Trinajstić information content (AvgIpc) is 2.29. The van der Waals surface area contributed by atoms with E-state index >= 15 is 0 Å².